The minimum Gasteiger partial charge on any atom is -0.496 e. The summed E-state index contributed by atoms with van der Waals surface area (Å²) in [4.78, 5) is 32.2. The topological polar surface area (TPSA) is 79.1 Å². The molecule has 0 saturated carbocycles. The maximum atomic E-state index is 13.9. The summed E-state index contributed by atoms with van der Waals surface area (Å²) < 4.78 is 19.5. The Morgan fingerprint density at radius 3 is 2.68 bits per heavy atom. The van der Waals surface area contributed by atoms with Crippen molar-refractivity contribution in [3.63, 3.8) is 0 Å². The number of methoxy groups -OCH3 is 1. The van der Waals surface area contributed by atoms with Crippen LogP contribution in [-0.2, 0) is 16.1 Å². The Kier molecular flexibility index (Phi) is 8.77. The van der Waals surface area contributed by atoms with Gasteiger partial charge in [-0.1, -0.05) is 59.3 Å². The molecule has 0 bridgehead atoms. The first-order valence-electron chi connectivity index (χ1n) is 12.8. The number of carbonyl (C=O) groups is 1. The van der Waals surface area contributed by atoms with Gasteiger partial charge in [0.1, 0.15) is 18.1 Å². The predicted molar refractivity (Wildman–Crippen MR) is 163 cm³/mol. The Morgan fingerprint density at radius 1 is 1.15 bits per heavy atom. The van der Waals surface area contributed by atoms with E-state index in [1.807, 2.05) is 60.7 Å². The lowest BCUT2D eigenvalue weighted by Gasteiger charge is -2.25. The summed E-state index contributed by atoms with van der Waals surface area (Å²) in [7, 11) is 1.58. The Labute approximate surface area is 254 Å². The molecule has 5 rings (SSSR count). The van der Waals surface area contributed by atoms with Crippen molar-refractivity contribution in [2.75, 3.05) is 13.7 Å². The summed E-state index contributed by atoms with van der Waals surface area (Å²) in [5.41, 5.74) is 2.95. The van der Waals surface area contributed by atoms with E-state index in [9.17, 15) is 9.59 Å². The number of benzene rings is 3. The van der Waals surface area contributed by atoms with Crippen LogP contribution in [0.25, 0.3) is 6.08 Å². The number of rotatable bonds is 8. The molecule has 0 amide bonds. The van der Waals surface area contributed by atoms with E-state index in [2.05, 4.69) is 20.9 Å². The lowest BCUT2D eigenvalue weighted by molar-refractivity contribution is -0.139. The maximum absolute atomic E-state index is 13.9. The number of hydrogen-bond donors (Lipinski definition) is 0. The molecule has 2 heterocycles. The number of allylic oxidation sites excluding steroid dienone is 1. The van der Waals surface area contributed by atoms with E-state index in [1.165, 1.54) is 11.3 Å². The van der Waals surface area contributed by atoms with E-state index in [0.29, 0.717) is 48.2 Å². The quantitative estimate of drug-likeness (QED) is 0.225. The molecule has 0 aliphatic carbocycles. The SMILES string of the molecule is CCOC(=O)C1=C(C)N=c2s/c(=C/c3cccc(OCc4ccccc4Cl)c3)c(=O)n2[C@H]1c1ccc(OC)c(Br)c1. The van der Waals surface area contributed by atoms with Crippen LogP contribution < -0.4 is 24.4 Å². The molecule has 10 heteroatoms. The molecule has 0 unspecified atom stereocenters. The fourth-order valence-corrected chi connectivity index (χ4v) is 6.38. The zero-order chi connectivity index (χ0) is 29.1. The first kappa shape index (κ1) is 28.9. The zero-order valence-corrected chi connectivity index (χ0v) is 25.7. The van der Waals surface area contributed by atoms with Gasteiger partial charge in [0.25, 0.3) is 5.56 Å². The van der Waals surface area contributed by atoms with Crippen LogP contribution in [0.4, 0.5) is 0 Å². The van der Waals surface area contributed by atoms with Crippen LogP contribution >= 0.6 is 38.9 Å². The van der Waals surface area contributed by atoms with Crippen LogP contribution in [0.3, 0.4) is 0 Å². The number of halogens is 2. The van der Waals surface area contributed by atoms with Crippen molar-refractivity contribution in [2.24, 2.45) is 4.99 Å². The van der Waals surface area contributed by atoms with Gasteiger partial charge in [-0.2, -0.15) is 0 Å². The second-order valence-electron chi connectivity index (χ2n) is 9.15. The fourth-order valence-electron chi connectivity index (χ4n) is 4.58. The standard InChI is InChI=1S/C31H26BrClN2O5S/c1-4-39-30(37)27-18(2)34-31-35(28(27)20-12-13-25(38-3)23(32)16-20)29(36)26(41-31)15-19-8-7-10-22(14-19)40-17-21-9-5-6-11-24(21)33/h5-16,28H,4,17H2,1-3H3/b26-15+/t28-/m0/s1. The molecule has 41 heavy (non-hydrogen) atoms. The van der Waals surface area contributed by atoms with E-state index in [-0.39, 0.29) is 12.2 Å². The van der Waals surface area contributed by atoms with Crippen molar-refractivity contribution in [3.8, 4) is 11.5 Å². The maximum Gasteiger partial charge on any atom is 0.338 e. The van der Waals surface area contributed by atoms with Gasteiger partial charge in [0.2, 0.25) is 0 Å². The van der Waals surface area contributed by atoms with E-state index >= 15 is 0 Å². The van der Waals surface area contributed by atoms with Crippen LogP contribution in [0.15, 0.2) is 92.3 Å². The van der Waals surface area contributed by atoms with Gasteiger partial charge < -0.3 is 14.2 Å². The van der Waals surface area contributed by atoms with Crippen molar-refractivity contribution >= 4 is 50.9 Å². The second-order valence-corrected chi connectivity index (χ2v) is 11.4. The first-order chi connectivity index (χ1) is 19.8. The third kappa shape index (κ3) is 6.02. The minimum absolute atomic E-state index is 0.202. The summed E-state index contributed by atoms with van der Waals surface area (Å²) in [6.07, 6.45) is 1.80. The fraction of sp³-hybridized carbons (Fsp3) is 0.194. The third-order valence-electron chi connectivity index (χ3n) is 6.52. The molecule has 0 saturated heterocycles. The summed E-state index contributed by atoms with van der Waals surface area (Å²) in [5, 5.41) is 0.640. The van der Waals surface area contributed by atoms with Gasteiger partial charge in [0.15, 0.2) is 4.80 Å². The number of hydrogen-bond acceptors (Lipinski definition) is 7. The monoisotopic (exact) mass is 652 g/mol. The van der Waals surface area contributed by atoms with Gasteiger partial charge in [-0.25, -0.2) is 9.79 Å². The lowest BCUT2D eigenvalue weighted by atomic mass is 9.96. The number of fused-ring (bicyclic) bond motifs is 1. The van der Waals surface area contributed by atoms with Crippen LogP contribution in [0.5, 0.6) is 11.5 Å². The van der Waals surface area contributed by atoms with Crippen molar-refractivity contribution in [3.05, 3.63) is 124 Å². The van der Waals surface area contributed by atoms with Gasteiger partial charge in [-0.15, -0.1) is 0 Å². The van der Waals surface area contributed by atoms with Crippen LogP contribution in [0, 0.1) is 0 Å². The molecule has 0 spiro atoms. The molecular formula is C31H26BrClN2O5S. The summed E-state index contributed by atoms with van der Waals surface area (Å²) >= 11 is 11.1. The number of aromatic nitrogens is 1. The molecule has 0 N–H and O–H groups in total. The third-order valence-corrected chi connectivity index (χ3v) is 8.49. The number of thiazole rings is 1. The van der Waals surface area contributed by atoms with Crippen LogP contribution in [0.2, 0.25) is 5.02 Å². The molecular weight excluding hydrogens is 628 g/mol. The Balaban J connectivity index is 1.57. The van der Waals surface area contributed by atoms with E-state index in [1.54, 1.807) is 37.7 Å². The van der Waals surface area contributed by atoms with Gasteiger partial charge in [-0.3, -0.25) is 9.36 Å². The molecule has 0 fully saturated rings. The smallest absolute Gasteiger partial charge is 0.338 e. The molecule has 1 aromatic heterocycles. The van der Waals surface area contributed by atoms with Gasteiger partial charge in [0, 0.05) is 10.6 Å². The summed E-state index contributed by atoms with van der Waals surface area (Å²) in [6.45, 7) is 4.02. The van der Waals surface area contributed by atoms with Gasteiger partial charge >= 0.3 is 5.97 Å². The molecule has 3 aromatic carbocycles. The lowest BCUT2D eigenvalue weighted by Crippen LogP contribution is -2.39. The second kappa shape index (κ2) is 12.5. The molecule has 0 radical (unpaired) electrons. The predicted octanol–water partition coefficient (Wildman–Crippen LogP) is 5.80. The van der Waals surface area contributed by atoms with Crippen molar-refractivity contribution in [1.82, 2.24) is 4.57 Å². The number of ether oxygens (including phenoxy) is 3. The highest BCUT2D eigenvalue weighted by atomic mass is 79.9. The molecule has 1 aliphatic rings. The van der Waals surface area contributed by atoms with E-state index in [4.69, 9.17) is 25.8 Å². The van der Waals surface area contributed by atoms with Crippen LogP contribution in [-0.4, -0.2) is 24.3 Å². The van der Waals surface area contributed by atoms with Crippen LogP contribution in [0.1, 0.15) is 36.6 Å². The average molecular weight is 654 g/mol. The minimum atomic E-state index is -0.722. The highest BCUT2D eigenvalue weighted by Gasteiger charge is 2.33. The molecule has 1 aliphatic heterocycles. The Bertz CT molecular complexity index is 1850. The van der Waals surface area contributed by atoms with Crippen molar-refractivity contribution < 1.29 is 19.0 Å². The van der Waals surface area contributed by atoms with Crippen molar-refractivity contribution in [1.29, 1.82) is 0 Å². The van der Waals surface area contributed by atoms with E-state index < -0.39 is 12.0 Å². The molecule has 4 aromatic rings. The normalized spacial score (nSPS) is 14.9. The molecule has 210 valence electrons. The average Bonchev–Trinajstić information content (AvgIpc) is 3.26. The van der Waals surface area contributed by atoms with Crippen molar-refractivity contribution in [2.45, 2.75) is 26.5 Å². The Morgan fingerprint density at radius 2 is 1.95 bits per heavy atom. The Hall–Kier alpha value is -3.66. The van der Waals surface area contributed by atoms with Gasteiger partial charge in [-0.05, 0) is 77.3 Å². The number of carbonyl (C=O) groups excluding carboxylic acids is 1. The molecule has 7 nitrogen and oxygen atoms in total. The first-order valence-corrected chi connectivity index (χ1v) is 14.8. The van der Waals surface area contributed by atoms with E-state index in [0.717, 1.165) is 16.7 Å². The van der Waals surface area contributed by atoms with Gasteiger partial charge in [0.05, 0.1) is 40.0 Å². The number of esters is 1. The number of nitrogens with zero attached hydrogens (tertiary/aromatic N) is 2. The summed E-state index contributed by atoms with van der Waals surface area (Å²) in [5.74, 6) is 0.771. The summed E-state index contributed by atoms with van der Waals surface area (Å²) in [6, 6.07) is 19.8. The highest BCUT2D eigenvalue weighted by Crippen LogP contribution is 2.35. The zero-order valence-electron chi connectivity index (χ0n) is 22.5. The molecule has 1 atom stereocenters. The largest absolute Gasteiger partial charge is 0.496 e. The highest BCUT2D eigenvalue weighted by molar-refractivity contribution is 9.10.